The smallest absolute Gasteiger partial charge is 0.254 e. The van der Waals surface area contributed by atoms with Crippen LogP contribution >= 0.6 is 0 Å². The molecule has 30 heavy (non-hydrogen) atoms. The van der Waals surface area contributed by atoms with Crippen molar-refractivity contribution < 1.29 is 19.1 Å². The number of carbonyl (C=O) groups excluding carboxylic acids is 2. The quantitative estimate of drug-likeness (QED) is 0.745. The fourth-order valence-corrected chi connectivity index (χ4v) is 3.81. The topological polar surface area (TPSA) is 84.0 Å². The van der Waals surface area contributed by atoms with E-state index < -0.39 is 12.0 Å². The summed E-state index contributed by atoms with van der Waals surface area (Å²) in [6, 6.07) is 6.58. The normalized spacial score (nSPS) is 18.2. The van der Waals surface area contributed by atoms with E-state index in [1.807, 2.05) is 25.1 Å². The van der Waals surface area contributed by atoms with E-state index in [0.717, 1.165) is 5.56 Å². The number of amides is 2. The molecular formula is C22H28N4O4. The maximum absolute atomic E-state index is 13.4. The maximum atomic E-state index is 13.4. The first kappa shape index (κ1) is 21.6. The van der Waals surface area contributed by atoms with Gasteiger partial charge in [0.15, 0.2) is 11.5 Å². The van der Waals surface area contributed by atoms with Crippen LogP contribution in [0.5, 0.6) is 11.5 Å². The number of methoxy groups -OCH3 is 2. The number of likely N-dealkylation sites (N-methyl/N-ethyl adjacent to an activating group) is 2. The Balaban J connectivity index is 2.12. The van der Waals surface area contributed by atoms with Gasteiger partial charge in [-0.05, 0) is 43.4 Å². The zero-order valence-electron chi connectivity index (χ0n) is 18.0. The van der Waals surface area contributed by atoms with E-state index in [2.05, 4.69) is 10.3 Å². The Labute approximate surface area is 176 Å². The minimum Gasteiger partial charge on any atom is -0.493 e. The van der Waals surface area contributed by atoms with E-state index in [1.54, 1.807) is 42.5 Å². The van der Waals surface area contributed by atoms with Gasteiger partial charge >= 0.3 is 0 Å². The molecular weight excluding hydrogens is 384 g/mol. The van der Waals surface area contributed by atoms with Crippen LogP contribution in [-0.2, 0) is 4.79 Å². The highest BCUT2D eigenvalue weighted by Gasteiger charge is 2.43. The van der Waals surface area contributed by atoms with Crippen LogP contribution in [0.4, 0.5) is 0 Å². The van der Waals surface area contributed by atoms with Gasteiger partial charge in [0, 0.05) is 38.1 Å². The molecule has 3 rings (SSSR count). The Morgan fingerprint density at radius 3 is 2.53 bits per heavy atom. The van der Waals surface area contributed by atoms with Gasteiger partial charge in [-0.1, -0.05) is 6.07 Å². The van der Waals surface area contributed by atoms with Crippen molar-refractivity contribution >= 4 is 11.8 Å². The lowest BCUT2D eigenvalue weighted by molar-refractivity contribution is -0.124. The predicted molar refractivity (Wildman–Crippen MR) is 113 cm³/mol. The number of fused-ring (bicyclic) bond motifs is 1. The van der Waals surface area contributed by atoms with E-state index in [9.17, 15) is 9.59 Å². The number of ether oxygens (including phenoxy) is 2. The number of carbonyl (C=O) groups is 2. The number of hydrogen-bond acceptors (Lipinski definition) is 6. The summed E-state index contributed by atoms with van der Waals surface area (Å²) in [5.74, 6) is -0.0289. The third kappa shape index (κ3) is 4.09. The van der Waals surface area contributed by atoms with E-state index in [0.29, 0.717) is 35.7 Å². The van der Waals surface area contributed by atoms with Crippen molar-refractivity contribution in [3.8, 4) is 11.5 Å². The minimum absolute atomic E-state index is 0.154. The number of benzene rings is 1. The van der Waals surface area contributed by atoms with Gasteiger partial charge in [0.1, 0.15) is 0 Å². The van der Waals surface area contributed by atoms with Gasteiger partial charge in [-0.25, -0.2) is 0 Å². The van der Waals surface area contributed by atoms with Crippen molar-refractivity contribution in [2.24, 2.45) is 0 Å². The summed E-state index contributed by atoms with van der Waals surface area (Å²) in [6.45, 7) is 1.21. The third-order valence-corrected chi connectivity index (χ3v) is 5.34. The van der Waals surface area contributed by atoms with Crippen molar-refractivity contribution in [2.75, 3.05) is 48.5 Å². The van der Waals surface area contributed by atoms with Gasteiger partial charge in [-0.15, -0.1) is 0 Å². The van der Waals surface area contributed by atoms with E-state index in [1.165, 1.54) is 14.2 Å². The highest BCUT2D eigenvalue weighted by Crippen LogP contribution is 2.45. The molecule has 1 N–H and O–H groups in total. The number of aromatic nitrogens is 1. The molecule has 2 atom stereocenters. The molecule has 0 saturated heterocycles. The summed E-state index contributed by atoms with van der Waals surface area (Å²) < 4.78 is 10.8. The average Bonchev–Trinajstić information content (AvgIpc) is 2.75. The average molecular weight is 412 g/mol. The molecule has 0 fully saturated rings. The molecule has 2 aromatic rings. The van der Waals surface area contributed by atoms with Crippen molar-refractivity contribution in [2.45, 2.75) is 12.0 Å². The van der Waals surface area contributed by atoms with Crippen LogP contribution in [0.2, 0.25) is 0 Å². The highest BCUT2D eigenvalue weighted by atomic mass is 16.5. The van der Waals surface area contributed by atoms with Gasteiger partial charge in [0.2, 0.25) is 5.91 Å². The van der Waals surface area contributed by atoms with Crippen LogP contribution in [0.15, 0.2) is 36.7 Å². The summed E-state index contributed by atoms with van der Waals surface area (Å²) in [6.07, 6.45) is 3.36. The van der Waals surface area contributed by atoms with E-state index in [4.69, 9.17) is 9.47 Å². The van der Waals surface area contributed by atoms with Gasteiger partial charge in [0.05, 0.1) is 26.2 Å². The molecule has 0 spiro atoms. The second kappa shape index (κ2) is 9.13. The first-order valence-corrected chi connectivity index (χ1v) is 9.74. The van der Waals surface area contributed by atoms with E-state index >= 15 is 0 Å². The molecule has 0 aliphatic carbocycles. The maximum Gasteiger partial charge on any atom is 0.254 e. The Morgan fingerprint density at radius 1 is 1.23 bits per heavy atom. The highest BCUT2D eigenvalue weighted by molar-refractivity contribution is 6.02. The number of pyridine rings is 1. The van der Waals surface area contributed by atoms with Crippen molar-refractivity contribution in [3.05, 3.63) is 53.3 Å². The third-order valence-electron chi connectivity index (χ3n) is 5.34. The Morgan fingerprint density at radius 2 is 1.93 bits per heavy atom. The van der Waals surface area contributed by atoms with Crippen molar-refractivity contribution in [1.82, 2.24) is 20.1 Å². The molecule has 0 bridgehead atoms. The SMILES string of the molecule is COc1cc2c(cc1OC)C(C(=O)NCCN(C)C)C(c1cccnc1)N(C)C2=O. The monoisotopic (exact) mass is 412 g/mol. The van der Waals surface area contributed by atoms with Crippen LogP contribution in [0.25, 0.3) is 0 Å². The second-order valence-electron chi connectivity index (χ2n) is 7.51. The second-order valence-corrected chi connectivity index (χ2v) is 7.51. The molecule has 8 heteroatoms. The number of nitrogens with zero attached hydrogens (tertiary/aromatic N) is 3. The molecule has 8 nitrogen and oxygen atoms in total. The zero-order valence-corrected chi connectivity index (χ0v) is 18.0. The molecule has 2 unspecified atom stereocenters. The van der Waals surface area contributed by atoms with Crippen LogP contribution < -0.4 is 14.8 Å². The van der Waals surface area contributed by atoms with Gasteiger partial charge < -0.3 is 24.6 Å². The van der Waals surface area contributed by atoms with Crippen LogP contribution in [0, 0.1) is 0 Å². The summed E-state index contributed by atoms with van der Waals surface area (Å²) in [4.78, 5) is 34.4. The zero-order chi connectivity index (χ0) is 21.8. The summed E-state index contributed by atoms with van der Waals surface area (Å²) in [5.41, 5.74) is 1.84. The predicted octanol–water partition coefficient (Wildman–Crippen LogP) is 1.69. The van der Waals surface area contributed by atoms with Gasteiger partial charge in [0.25, 0.3) is 5.91 Å². The fraction of sp³-hybridized carbons (Fsp3) is 0.409. The van der Waals surface area contributed by atoms with Crippen molar-refractivity contribution in [3.63, 3.8) is 0 Å². The molecule has 160 valence electrons. The fourth-order valence-electron chi connectivity index (χ4n) is 3.81. The minimum atomic E-state index is -0.617. The van der Waals surface area contributed by atoms with Gasteiger partial charge in [-0.3, -0.25) is 14.6 Å². The molecule has 0 saturated carbocycles. The Bertz CT molecular complexity index is 917. The van der Waals surface area contributed by atoms with Crippen LogP contribution in [0.3, 0.4) is 0 Å². The van der Waals surface area contributed by atoms with Crippen LogP contribution in [-0.4, -0.2) is 75.1 Å². The van der Waals surface area contributed by atoms with Crippen molar-refractivity contribution in [1.29, 1.82) is 0 Å². The van der Waals surface area contributed by atoms with Crippen LogP contribution in [0.1, 0.15) is 33.4 Å². The van der Waals surface area contributed by atoms with Gasteiger partial charge in [-0.2, -0.15) is 0 Å². The standard InChI is InChI=1S/C22H28N4O4/c1-25(2)10-9-24-21(27)19-15-11-17(29-4)18(30-5)12-16(15)22(28)26(3)20(19)14-7-6-8-23-13-14/h6-8,11-13,19-20H,9-10H2,1-5H3,(H,24,27). The summed E-state index contributed by atoms with van der Waals surface area (Å²) in [7, 11) is 8.66. The Hall–Kier alpha value is -3.13. The lowest BCUT2D eigenvalue weighted by Gasteiger charge is -2.40. The number of hydrogen-bond donors (Lipinski definition) is 1. The molecule has 2 heterocycles. The summed E-state index contributed by atoms with van der Waals surface area (Å²) >= 11 is 0. The lowest BCUT2D eigenvalue weighted by Crippen LogP contribution is -2.46. The first-order chi connectivity index (χ1) is 14.4. The molecule has 1 aromatic heterocycles. The van der Waals surface area contributed by atoms with E-state index in [-0.39, 0.29) is 11.8 Å². The largest absolute Gasteiger partial charge is 0.493 e. The lowest BCUT2D eigenvalue weighted by atomic mass is 9.79. The molecule has 1 aliphatic rings. The summed E-state index contributed by atoms with van der Waals surface area (Å²) in [5, 5.41) is 3.01. The molecule has 2 amide bonds. The number of rotatable bonds is 7. The number of nitrogens with one attached hydrogen (secondary N) is 1. The molecule has 1 aliphatic heterocycles. The molecule has 0 radical (unpaired) electrons. The Kier molecular flexibility index (Phi) is 6.56. The first-order valence-electron chi connectivity index (χ1n) is 9.74. The molecule has 1 aromatic carbocycles.